The van der Waals surface area contributed by atoms with Gasteiger partial charge in [0, 0.05) is 16.3 Å². The number of benzene rings is 3. The first-order valence-electron chi connectivity index (χ1n) is 12.1. The van der Waals surface area contributed by atoms with Gasteiger partial charge in [-0.05, 0) is 85.8 Å². The van der Waals surface area contributed by atoms with Crippen molar-refractivity contribution in [1.82, 2.24) is 0 Å². The lowest BCUT2D eigenvalue weighted by molar-refractivity contribution is -0.132. The molecule has 1 atom stereocenters. The molecule has 1 amide bonds. The summed E-state index contributed by atoms with van der Waals surface area (Å²) in [6.07, 6.45) is 1.63. The molecule has 190 valence electrons. The van der Waals surface area contributed by atoms with Crippen LogP contribution >= 0.6 is 11.6 Å². The number of rotatable bonds is 5. The van der Waals surface area contributed by atoms with Gasteiger partial charge in [0.15, 0.2) is 11.5 Å². The summed E-state index contributed by atoms with van der Waals surface area (Å²) in [7, 11) is 0. The predicted molar refractivity (Wildman–Crippen MR) is 141 cm³/mol. The normalized spacial score (nSPS) is 18.5. The van der Waals surface area contributed by atoms with E-state index in [1.54, 1.807) is 55.5 Å². The molecule has 1 fully saturated rings. The number of ketones is 1. The zero-order chi connectivity index (χ0) is 26.3. The number of amides is 1. The third-order valence-electron chi connectivity index (χ3n) is 6.66. The van der Waals surface area contributed by atoms with Gasteiger partial charge in [0.25, 0.3) is 11.7 Å². The van der Waals surface area contributed by atoms with Gasteiger partial charge in [-0.2, -0.15) is 0 Å². The van der Waals surface area contributed by atoms with Crippen LogP contribution in [0.1, 0.15) is 41.6 Å². The van der Waals surface area contributed by atoms with E-state index in [0.29, 0.717) is 35.1 Å². The third-order valence-corrected chi connectivity index (χ3v) is 6.89. The van der Waals surface area contributed by atoms with Gasteiger partial charge in [0.2, 0.25) is 0 Å². The predicted octanol–water partition coefficient (Wildman–Crippen LogP) is 5.70. The lowest BCUT2D eigenvalue weighted by atomic mass is 9.93. The Morgan fingerprint density at radius 2 is 1.95 bits per heavy atom. The van der Waals surface area contributed by atoms with Crippen LogP contribution in [0.15, 0.2) is 60.2 Å². The highest BCUT2D eigenvalue weighted by molar-refractivity contribution is 6.52. The van der Waals surface area contributed by atoms with Gasteiger partial charge in [0.1, 0.15) is 11.5 Å². The summed E-state index contributed by atoms with van der Waals surface area (Å²) in [6, 6.07) is 14.0. The third kappa shape index (κ3) is 4.40. The van der Waals surface area contributed by atoms with Crippen LogP contribution in [0.25, 0.3) is 5.76 Å². The van der Waals surface area contributed by atoms with E-state index in [4.69, 9.17) is 21.1 Å². The first-order valence-corrected chi connectivity index (χ1v) is 12.5. The number of aliphatic hydroxyl groups is 1. The quantitative estimate of drug-likeness (QED) is 0.255. The monoisotopic (exact) mass is 519 g/mol. The molecule has 0 aliphatic carbocycles. The summed E-state index contributed by atoms with van der Waals surface area (Å²) >= 11 is 6.27. The highest BCUT2D eigenvalue weighted by Crippen LogP contribution is 2.45. The molecule has 2 heterocycles. The average Bonchev–Trinajstić information content (AvgIpc) is 3.16. The number of anilines is 1. The first kappa shape index (κ1) is 24.7. The van der Waals surface area contributed by atoms with Crippen molar-refractivity contribution in [3.05, 3.63) is 87.4 Å². The van der Waals surface area contributed by atoms with E-state index in [1.165, 1.54) is 11.0 Å². The molecule has 0 saturated carbocycles. The largest absolute Gasteiger partial charge is 0.507 e. The number of hydrogen-bond donors (Lipinski definition) is 2. The number of ether oxygens (including phenoxy) is 2. The van der Waals surface area contributed by atoms with Crippen molar-refractivity contribution < 1.29 is 29.3 Å². The number of nitrogens with zero attached hydrogens (tertiary/aromatic N) is 1. The Labute approximate surface area is 219 Å². The second-order valence-electron chi connectivity index (χ2n) is 9.03. The Hall–Kier alpha value is -3.97. The molecule has 1 saturated heterocycles. The van der Waals surface area contributed by atoms with Crippen LogP contribution in [0.3, 0.4) is 0 Å². The maximum Gasteiger partial charge on any atom is 0.300 e. The zero-order valence-electron chi connectivity index (χ0n) is 20.5. The molecule has 37 heavy (non-hydrogen) atoms. The van der Waals surface area contributed by atoms with Crippen molar-refractivity contribution in [3.63, 3.8) is 0 Å². The van der Waals surface area contributed by atoms with Crippen molar-refractivity contribution in [2.24, 2.45) is 0 Å². The fraction of sp³-hybridized carbons (Fsp3) is 0.241. The standard InChI is InChI=1S/C29H26ClNO6/c1-3-36-24-14-18(7-10-22(24)32)26-25(27(33)19-8-11-23-17(13-19)5-4-12-37-23)28(34)29(35)31(26)21-15-20(30)9-6-16(21)2/h6-11,13-15,26,32-33H,3-5,12H2,1-2H3/b27-25+. The molecule has 0 spiro atoms. The Bertz CT molecular complexity index is 1450. The van der Waals surface area contributed by atoms with E-state index in [0.717, 1.165) is 29.7 Å². The van der Waals surface area contributed by atoms with Gasteiger partial charge in [-0.15, -0.1) is 0 Å². The van der Waals surface area contributed by atoms with E-state index in [1.807, 2.05) is 6.92 Å². The number of aliphatic hydroxyl groups excluding tert-OH is 1. The lowest BCUT2D eigenvalue weighted by Gasteiger charge is -2.27. The Balaban J connectivity index is 1.73. The number of hydrogen-bond acceptors (Lipinski definition) is 6. The van der Waals surface area contributed by atoms with E-state index in [9.17, 15) is 19.8 Å². The van der Waals surface area contributed by atoms with E-state index < -0.39 is 17.7 Å². The van der Waals surface area contributed by atoms with E-state index in [2.05, 4.69) is 0 Å². The number of aryl methyl sites for hydroxylation is 2. The van der Waals surface area contributed by atoms with E-state index in [-0.39, 0.29) is 22.8 Å². The minimum Gasteiger partial charge on any atom is -0.507 e. The Morgan fingerprint density at radius 3 is 2.73 bits per heavy atom. The minimum absolute atomic E-state index is 0.0609. The molecular formula is C29H26ClNO6. The number of aromatic hydroxyl groups is 1. The van der Waals surface area contributed by atoms with Crippen LogP contribution in [-0.4, -0.2) is 35.1 Å². The van der Waals surface area contributed by atoms with Crippen molar-refractivity contribution in [2.75, 3.05) is 18.1 Å². The van der Waals surface area contributed by atoms with Crippen molar-refractivity contribution in [2.45, 2.75) is 32.7 Å². The summed E-state index contributed by atoms with van der Waals surface area (Å²) in [4.78, 5) is 28.3. The van der Waals surface area contributed by atoms with Crippen molar-refractivity contribution >= 4 is 34.7 Å². The highest BCUT2D eigenvalue weighted by atomic mass is 35.5. The molecule has 5 rings (SSSR count). The van der Waals surface area contributed by atoms with Crippen LogP contribution < -0.4 is 14.4 Å². The summed E-state index contributed by atoms with van der Waals surface area (Å²) < 4.78 is 11.2. The van der Waals surface area contributed by atoms with Crippen LogP contribution in [0.4, 0.5) is 5.69 Å². The smallest absolute Gasteiger partial charge is 0.300 e. The Kier molecular flexibility index (Phi) is 6.56. The topological polar surface area (TPSA) is 96.3 Å². The molecule has 0 radical (unpaired) electrons. The molecule has 3 aromatic rings. The lowest BCUT2D eigenvalue weighted by Crippen LogP contribution is -2.30. The number of Topliss-reactive ketones (excluding diaryl/α,β-unsaturated/α-hetero) is 1. The number of halogens is 1. The second kappa shape index (κ2) is 9.82. The van der Waals surface area contributed by atoms with Crippen LogP contribution in [0.5, 0.6) is 17.2 Å². The Morgan fingerprint density at radius 1 is 1.14 bits per heavy atom. The molecule has 0 bridgehead atoms. The molecule has 2 N–H and O–H groups in total. The number of fused-ring (bicyclic) bond motifs is 1. The van der Waals surface area contributed by atoms with Crippen LogP contribution in [0, 0.1) is 6.92 Å². The summed E-state index contributed by atoms with van der Waals surface area (Å²) in [5.41, 5.74) is 2.94. The summed E-state index contributed by atoms with van der Waals surface area (Å²) in [5.74, 6) is -1.01. The number of phenols is 1. The van der Waals surface area contributed by atoms with Crippen LogP contribution in [0.2, 0.25) is 5.02 Å². The molecule has 8 heteroatoms. The molecule has 0 aromatic heterocycles. The number of carbonyl (C=O) groups excluding carboxylic acids is 2. The van der Waals surface area contributed by atoms with Crippen LogP contribution in [-0.2, 0) is 16.0 Å². The summed E-state index contributed by atoms with van der Waals surface area (Å²) in [6.45, 7) is 4.54. The minimum atomic E-state index is -0.982. The maximum atomic E-state index is 13.5. The van der Waals surface area contributed by atoms with Gasteiger partial charge in [-0.25, -0.2) is 0 Å². The SMILES string of the molecule is CCOc1cc(C2/C(=C(\O)c3ccc4c(c3)CCCO4)C(=O)C(=O)N2c2cc(Cl)ccc2C)ccc1O. The number of carbonyl (C=O) groups is 2. The maximum absolute atomic E-state index is 13.5. The fourth-order valence-corrected chi connectivity index (χ4v) is 5.04. The molecular weight excluding hydrogens is 494 g/mol. The second-order valence-corrected chi connectivity index (χ2v) is 9.47. The molecule has 3 aromatic carbocycles. The molecule has 7 nitrogen and oxygen atoms in total. The molecule has 2 aliphatic heterocycles. The van der Waals surface area contributed by atoms with E-state index >= 15 is 0 Å². The van der Waals surface area contributed by atoms with Gasteiger partial charge < -0.3 is 19.7 Å². The highest BCUT2D eigenvalue weighted by Gasteiger charge is 2.47. The average molecular weight is 520 g/mol. The molecule has 1 unspecified atom stereocenters. The first-order chi connectivity index (χ1) is 17.8. The molecule has 2 aliphatic rings. The van der Waals surface area contributed by atoms with Gasteiger partial charge in [-0.3, -0.25) is 14.5 Å². The zero-order valence-corrected chi connectivity index (χ0v) is 21.2. The number of phenolic OH excluding ortho intramolecular Hbond substituents is 1. The van der Waals surface area contributed by atoms with Crippen molar-refractivity contribution in [3.8, 4) is 17.2 Å². The van der Waals surface area contributed by atoms with Gasteiger partial charge >= 0.3 is 0 Å². The fourth-order valence-electron chi connectivity index (χ4n) is 4.87. The van der Waals surface area contributed by atoms with Crippen molar-refractivity contribution in [1.29, 1.82) is 0 Å². The van der Waals surface area contributed by atoms with Gasteiger partial charge in [0.05, 0.1) is 24.8 Å². The van der Waals surface area contributed by atoms with Gasteiger partial charge in [-0.1, -0.05) is 23.7 Å². The summed E-state index contributed by atoms with van der Waals surface area (Å²) in [5, 5.41) is 22.2.